The van der Waals surface area contributed by atoms with E-state index in [4.69, 9.17) is 11.6 Å². The summed E-state index contributed by atoms with van der Waals surface area (Å²) in [7, 11) is 0. The van der Waals surface area contributed by atoms with Crippen molar-refractivity contribution in [2.45, 2.75) is 17.3 Å². The zero-order chi connectivity index (χ0) is 16.7. The van der Waals surface area contributed by atoms with Gasteiger partial charge in [0.1, 0.15) is 0 Å². The third-order valence-electron chi connectivity index (χ3n) is 2.88. The van der Waals surface area contributed by atoms with E-state index in [1.54, 1.807) is 6.08 Å². The van der Waals surface area contributed by atoms with E-state index in [1.165, 1.54) is 17.8 Å². The van der Waals surface area contributed by atoms with Gasteiger partial charge in [-0.2, -0.15) is 0 Å². The van der Waals surface area contributed by atoms with Gasteiger partial charge in [-0.05, 0) is 11.6 Å². The average molecular weight is 350 g/mol. The Morgan fingerprint density at radius 1 is 1.43 bits per heavy atom. The normalized spacial score (nSPS) is 10.3. The maximum Gasteiger partial charge on any atom is 0.251 e. The molecule has 2 rings (SSSR count). The SMILES string of the molecule is C=CCNC(=O)Cc1cc(=O)[nH]c(SCc2ccccc2Cl)n1. The van der Waals surface area contributed by atoms with E-state index < -0.39 is 0 Å². The van der Waals surface area contributed by atoms with Crippen LogP contribution in [0.15, 0.2) is 52.9 Å². The molecular weight excluding hydrogens is 334 g/mol. The zero-order valence-electron chi connectivity index (χ0n) is 12.3. The second kappa shape index (κ2) is 8.55. The first kappa shape index (κ1) is 17.3. The summed E-state index contributed by atoms with van der Waals surface area (Å²) in [6.07, 6.45) is 1.64. The molecule has 0 radical (unpaired) electrons. The highest BCUT2D eigenvalue weighted by Gasteiger charge is 2.08. The van der Waals surface area contributed by atoms with E-state index in [9.17, 15) is 9.59 Å². The van der Waals surface area contributed by atoms with Crippen molar-refractivity contribution in [3.05, 3.63) is 69.6 Å². The lowest BCUT2D eigenvalue weighted by atomic mass is 10.2. The Kier molecular flexibility index (Phi) is 6.43. The van der Waals surface area contributed by atoms with Crippen LogP contribution in [0.4, 0.5) is 0 Å². The molecule has 2 N–H and O–H groups in total. The molecule has 0 atom stereocenters. The van der Waals surface area contributed by atoms with Crippen molar-refractivity contribution in [3.8, 4) is 0 Å². The number of halogens is 1. The monoisotopic (exact) mass is 349 g/mol. The summed E-state index contributed by atoms with van der Waals surface area (Å²) in [5.74, 6) is 0.374. The Morgan fingerprint density at radius 3 is 2.96 bits per heavy atom. The van der Waals surface area contributed by atoms with Crippen LogP contribution in [-0.4, -0.2) is 22.4 Å². The molecule has 0 aliphatic carbocycles. The molecule has 0 saturated carbocycles. The third-order valence-corrected chi connectivity index (χ3v) is 4.17. The lowest BCUT2D eigenvalue weighted by Crippen LogP contribution is -2.26. The summed E-state index contributed by atoms with van der Waals surface area (Å²) in [5.41, 5.74) is 1.10. The van der Waals surface area contributed by atoms with Crippen molar-refractivity contribution in [1.29, 1.82) is 0 Å². The van der Waals surface area contributed by atoms with Crippen LogP contribution >= 0.6 is 23.4 Å². The summed E-state index contributed by atoms with van der Waals surface area (Å²) in [6, 6.07) is 8.82. The maximum atomic E-state index is 11.7. The summed E-state index contributed by atoms with van der Waals surface area (Å²) in [4.78, 5) is 30.3. The minimum absolute atomic E-state index is 0.0530. The van der Waals surface area contributed by atoms with Gasteiger partial charge in [0.2, 0.25) is 5.91 Å². The number of carbonyl (C=O) groups is 1. The first-order chi connectivity index (χ1) is 11.1. The van der Waals surface area contributed by atoms with Crippen LogP contribution in [0, 0.1) is 0 Å². The smallest absolute Gasteiger partial charge is 0.251 e. The molecule has 23 heavy (non-hydrogen) atoms. The molecule has 7 heteroatoms. The fraction of sp³-hybridized carbons (Fsp3) is 0.188. The predicted molar refractivity (Wildman–Crippen MR) is 92.8 cm³/mol. The quantitative estimate of drug-likeness (QED) is 0.457. The van der Waals surface area contributed by atoms with E-state index in [2.05, 4.69) is 21.9 Å². The molecule has 0 aliphatic rings. The predicted octanol–water partition coefficient (Wildman–Crippen LogP) is 2.56. The van der Waals surface area contributed by atoms with Gasteiger partial charge in [-0.25, -0.2) is 4.98 Å². The highest BCUT2D eigenvalue weighted by Crippen LogP contribution is 2.23. The number of amides is 1. The number of aromatic nitrogens is 2. The molecule has 0 bridgehead atoms. The Balaban J connectivity index is 2.05. The highest BCUT2D eigenvalue weighted by molar-refractivity contribution is 7.98. The molecule has 0 saturated heterocycles. The second-order valence-corrected chi connectivity index (χ2v) is 6.06. The lowest BCUT2D eigenvalue weighted by molar-refractivity contribution is -0.120. The number of hydrogen-bond acceptors (Lipinski definition) is 4. The number of aromatic amines is 1. The molecule has 0 fully saturated rings. The van der Waals surface area contributed by atoms with E-state index in [-0.39, 0.29) is 17.9 Å². The summed E-state index contributed by atoms with van der Waals surface area (Å²) >= 11 is 7.47. The number of nitrogens with one attached hydrogen (secondary N) is 2. The van der Waals surface area contributed by atoms with Gasteiger partial charge in [-0.15, -0.1) is 6.58 Å². The molecule has 0 unspecified atom stereocenters. The number of thioether (sulfide) groups is 1. The van der Waals surface area contributed by atoms with Crippen molar-refractivity contribution < 1.29 is 4.79 Å². The van der Waals surface area contributed by atoms with Crippen LogP contribution in [-0.2, 0) is 17.0 Å². The van der Waals surface area contributed by atoms with Crippen molar-refractivity contribution in [1.82, 2.24) is 15.3 Å². The fourth-order valence-corrected chi connectivity index (χ4v) is 3.00. The maximum absolute atomic E-state index is 11.7. The van der Waals surface area contributed by atoms with Crippen LogP contribution in [0.2, 0.25) is 5.02 Å². The number of benzene rings is 1. The van der Waals surface area contributed by atoms with Gasteiger partial charge in [0.25, 0.3) is 5.56 Å². The van der Waals surface area contributed by atoms with Crippen molar-refractivity contribution in [3.63, 3.8) is 0 Å². The minimum atomic E-state index is -0.284. The molecule has 1 amide bonds. The molecular formula is C16H16ClN3O2S. The summed E-state index contributed by atoms with van der Waals surface area (Å²) in [5, 5.41) is 3.78. The minimum Gasteiger partial charge on any atom is -0.352 e. The second-order valence-electron chi connectivity index (χ2n) is 4.69. The zero-order valence-corrected chi connectivity index (χ0v) is 13.9. The fourth-order valence-electron chi connectivity index (χ4n) is 1.82. The Bertz CT molecular complexity index is 761. The van der Waals surface area contributed by atoms with Gasteiger partial charge in [0.15, 0.2) is 5.16 Å². The molecule has 0 spiro atoms. The van der Waals surface area contributed by atoms with E-state index in [0.717, 1.165) is 5.56 Å². The number of rotatable bonds is 7. The summed E-state index contributed by atoms with van der Waals surface area (Å²) in [6.45, 7) is 3.91. The van der Waals surface area contributed by atoms with Gasteiger partial charge in [0.05, 0.1) is 12.1 Å². The van der Waals surface area contributed by atoms with Crippen LogP contribution in [0.3, 0.4) is 0 Å². The first-order valence-corrected chi connectivity index (χ1v) is 8.29. The van der Waals surface area contributed by atoms with Crippen molar-refractivity contribution >= 4 is 29.3 Å². The Hall–Kier alpha value is -2.05. The number of H-pyrrole nitrogens is 1. The van der Waals surface area contributed by atoms with Gasteiger partial charge < -0.3 is 10.3 Å². The molecule has 1 aromatic carbocycles. The van der Waals surface area contributed by atoms with Gasteiger partial charge in [0, 0.05) is 23.4 Å². The largest absolute Gasteiger partial charge is 0.352 e. The average Bonchev–Trinajstić information content (AvgIpc) is 2.51. The van der Waals surface area contributed by atoms with E-state index in [0.29, 0.717) is 28.2 Å². The molecule has 2 aromatic rings. The molecule has 0 aliphatic heterocycles. The van der Waals surface area contributed by atoms with Crippen LogP contribution in [0.25, 0.3) is 0 Å². The lowest BCUT2D eigenvalue weighted by Gasteiger charge is -2.06. The van der Waals surface area contributed by atoms with Gasteiger partial charge in [-0.1, -0.05) is 47.6 Å². The standard InChI is InChI=1S/C16H16ClN3O2S/c1-2-7-18-14(21)8-12-9-15(22)20-16(19-12)23-10-11-5-3-4-6-13(11)17/h2-6,9H,1,7-8,10H2,(H,18,21)(H,19,20,22). The van der Waals surface area contributed by atoms with Gasteiger partial charge in [-0.3, -0.25) is 9.59 Å². The van der Waals surface area contributed by atoms with E-state index in [1.807, 2.05) is 24.3 Å². The topological polar surface area (TPSA) is 74.8 Å². The molecule has 120 valence electrons. The molecule has 1 aromatic heterocycles. The van der Waals surface area contributed by atoms with Crippen molar-refractivity contribution in [2.24, 2.45) is 0 Å². The first-order valence-electron chi connectivity index (χ1n) is 6.92. The van der Waals surface area contributed by atoms with Crippen LogP contribution in [0.1, 0.15) is 11.3 Å². The van der Waals surface area contributed by atoms with Gasteiger partial charge >= 0.3 is 0 Å². The third kappa shape index (κ3) is 5.58. The van der Waals surface area contributed by atoms with Crippen LogP contribution in [0.5, 0.6) is 0 Å². The number of hydrogen-bond donors (Lipinski definition) is 2. The van der Waals surface area contributed by atoms with Crippen LogP contribution < -0.4 is 10.9 Å². The number of nitrogens with zero attached hydrogens (tertiary/aromatic N) is 1. The van der Waals surface area contributed by atoms with E-state index >= 15 is 0 Å². The number of carbonyl (C=O) groups excluding carboxylic acids is 1. The Morgan fingerprint density at radius 2 is 2.22 bits per heavy atom. The summed E-state index contributed by atoms with van der Waals surface area (Å²) < 4.78 is 0. The molecule has 1 heterocycles. The Labute approximate surface area is 143 Å². The highest BCUT2D eigenvalue weighted by atomic mass is 35.5. The van der Waals surface area contributed by atoms with Crippen molar-refractivity contribution in [2.75, 3.05) is 6.54 Å². The molecule has 5 nitrogen and oxygen atoms in total.